The van der Waals surface area contributed by atoms with Crippen LogP contribution in [0.5, 0.6) is 0 Å². The summed E-state index contributed by atoms with van der Waals surface area (Å²) in [6.07, 6.45) is -3.35. The first-order valence-electron chi connectivity index (χ1n) is 3.82. The van der Waals surface area contributed by atoms with Crippen LogP contribution in [-0.2, 0) is 0 Å². The van der Waals surface area contributed by atoms with E-state index >= 15 is 0 Å². The van der Waals surface area contributed by atoms with Crippen molar-refractivity contribution in [1.29, 1.82) is 0 Å². The predicted molar refractivity (Wildman–Crippen MR) is 49.1 cm³/mol. The molecule has 0 spiro atoms. The Hall–Kier alpha value is -0.910. The zero-order valence-corrected chi connectivity index (χ0v) is 9.04. The predicted octanol–water partition coefficient (Wildman–Crippen LogP) is 3.48. The van der Waals surface area contributed by atoms with Crippen LogP contribution in [-0.4, -0.2) is 12.2 Å². The van der Waals surface area contributed by atoms with E-state index in [2.05, 4.69) is 15.9 Å². The minimum Gasteiger partial charge on any atom is -0.288 e. The molecule has 0 fully saturated rings. The number of benzene rings is 1. The number of ketones is 1. The van der Waals surface area contributed by atoms with Crippen molar-refractivity contribution < 1.29 is 22.4 Å². The van der Waals surface area contributed by atoms with Gasteiger partial charge in [0.2, 0.25) is 5.78 Å². The highest BCUT2D eigenvalue weighted by molar-refractivity contribution is 9.10. The fourth-order valence-electron chi connectivity index (χ4n) is 0.983. The van der Waals surface area contributed by atoms with E-state index in [1.165, 1.54) is 6.92 Å². The Labute approximate surface area is 91.2 Å². The van der Waals surface area contributed by atoms with Crippen molar-refractivity contribution in [2.24, 2.45) is 0 Å². The molecule has 1 aromatic carbocycles. The highest BCUT2D eigenvalue weighted by atomic mass is 79.9. The number of halogens is 5. The van der Waals surface area contributed by atoms with Gasteiger partial charge in [-0.05, 0) is 13.0 Å². The van der Waals surface area contributed by atoms with Gasteiger partial charge in [0.15, 0.2) is 11.6 Å². The minimum absolute atomic E-state index is 0.0710. The number of hydrogen-bond acceptors (Lipinski definition) is 1. The third kappa shape index (κ3) is 2.19. The van der Waals surface area contributed by atoms with Gasteiger partial charge in [0.1, 0.15) is 0 Å². The van der Waals surface area contributed by atoms with Gasteiger partial charge < -0.3 is 0 Å². The molecule has 0 aliphatic rings. The molecule has 0 N–H and O–H groups in total. The largest absolute Gasteiger partial charge is 0.300 e. The minimum atomic E-state index is -3.35. The fraction of sp³-hybridized carbons (Fsp3) is 0.222. The molecule has 1 aromatic rings. The van der Waals surface area contributed by atoms with Gasteiger partial charge in [-0.3, -0.25) is 4.79 Å². The molecule has 0 aliphatic heterocycles. The van der Waals surface area contributed by atoms with Crippen LogP contribution < -0.4 is 0 Å². The topological polar surface area (TPSA) is 17.1 Å². The van der Waals surface area contributed by atoms with E-state index in [1.54, 1.807) is 0 Å². The maximum absolute atomic E-state index is 13.1. The molecular weight excluding hydrogens is 280 g/mol. The van der Waals surface area contributed by atoms with Crippen molar-refractivity contribution in [2.45, 2.75) is 13.3 Å². The zero-order valence-electron chi connectivity index (χ0n) is 7.45. The summed E-state index contributed by atoms with van der Waals surface area (Å²) in [7, 11) is 0. The molecule has 0 heterocycles. The second-order valence-corrected chi connectivity index (χ2v) is 3.68. The van der Waals surface area contributed by atoms with Crippen LogP contribution >= 0.6 is 15.9 Å². The molecule has 0 radical (unpaired) electrons. The lowest BCUT2D eigenvalue weighted by Crippen LogP contribution is -2.14. The number of carbonyl (C=O) groups excluding carboxylic acids is 1. The van der Waals surface area contributed by atoms with Crippen molar-refractivity contribution >= 4 is 21.7 Å². The summed E-state index contributed by atoms with van der Waals surface area (Å²) in [6.45, 7) is 1.26. The highest BCUT2D eigenvalue weighted by Gasteiger charge is 2.25. The van der Waals surface area contributed by atoms with E-state index in [1.807, 2.05) is 0 Å². The number of alkyl halides is 2. The highest BCUT2D eigenvalue weighted by Crippen LogP contribution is 2.25. The van der Waals surface area contributed by atoms with Gasteiger partial charge >= 0.3 is 6.43 Å². The van der Waals surface area contributed by atoms with Gasteiger partial charge in [-0.2, -0.15) is 0 Å². The van der Waals surface area contributed by atoms with Gasteiger partial charge in [0, 0.05) is 10.0 Å². The average Bonchev–Trinajstić information content (AvgIpc) is 2.19. The molecule has 1 nitrogen and oxygen atoms in total. The van der Waals surface area contributed by atoms with Crippen LogP contribution in [0.3, 0.4) is 0 Å². The molecule has 15 heavy (non-hydrogen) atoms. The molecule has 82 valence electrons. The quantitative estimate of drug-likeness (QED) is 0.462. The van der Waals surface area contributed by atoms with E-state index in [0.29, 0.717) is 0 Å². The Kier molecular flexibility index (Phi) is 3.49. The van der Waals surface area contributed by atoms with Crippen molar-refractivity contribution in [2.75, 3.05) is 0 Å². The molecule has 6 heteroatoms. The molecule has 1 rings (SSSR count). The third-order valence-corrected chi connectivity index (χ3v) is 2.68. The summed E-state index contributed by atoms with van der Waals surface area (Å²) in [4.78, 5) is 10.8. The van der Waals surface area contributed by atoms with Gasteiger partial charge in [0.05, 0.1) is 5.56 Å². The maximum atomic E-state index is 13.1. The van der Waals surface area contributed by atoms with E-state index in [0.717, 1.165) is 6.07 Å². The molecule has 0 saturated carbocycles. The number of hydrogen-bond donors (Lipinski definition) is 0. The standard InChI is InChI=1S/C9H5BrF4O/c1-3-5(10)2-4(7(12)6(3)11)8(15)9(13)14/h2,9H,1H3. The summed E-state index contributed by atoms with van der Waals surface area (Å²) in [5, 5.41) is 0. The van der Waals surface area contributed by atoms with Crippen molar-refractivity contribution in [3.8, 4) is 0 Å². The Morgan fingerprint density at radius 1 is 1.33 bits per heavy atom. The van der Waals surface area contributed by atoms with Gasteiger partial charge in [0.25, 0.3) is 0 Å². The van der Waals surface area contributed by atoms with Gasteiger partial charge in [-0.15, -0.1) is 0 Å². The summed E-state index contributed by atoms with van der Waals surface area (Å²) < 4.78 is 50.3. The van der Waals surface area contributed by atoms with Crippen LogP contribution in [0.1, 0.15) is 15.9 Å². The average molecular weight is 285 g/mol. The van der Waals surface area contributed by atoms with Gasteiger partial charge in [-0.25, -0.2) is 17.6 Å². The second kappa shape index (κ2) is 4.30. The maximum Gasteiger partial charge on any atom is 0.300 e. The molecule has 0 amide bonds. The Morgan fingerprint density at radius 2 is 1.87 bits per heavy atom. The normalized spacial score (nSPS) is 10.9. The molecular formula is C9H5BrF4O. The first-order valence-corrected chi connectivity index (χ1v) is 4.62. The molecule has 0 saturated heterocycles. The molecule has 0 aliphatic carbocycles. The van der Waals surface area contributed by atoms with Crippen molar-refractivity contribution in [3.63, 3.8) is 0 Å². The third-order valence-electron chi connectivity index (χ3n) is 1.85. The van der Waals surface area contributed by atoms with Crippen LogP contribution in [0.4, 0.5) is 17.6 Å². The van der Waals surface area contributed by atoms with Crippen LogP contribution in [0.15, 0.2) is 10.5 Å². The lowest BCUT2D eigenvalue weighted by Gasteiger charge is -2.06. The van der Waals surface area contributed by atoms with Crippen LogP contribution in [0.2, 0.25) is 0 Å². The van der Waals surface area contributed by atoms with Gasteiger partial charge in [-0.1, -0.05) is 15.9 Å². The monoisotopic (exact) mass is 284 g/mol. The summed E-state index contributed by atoms with van der Waals surface area (Å²) >= 11 is 2.84. The molecule has 0 atom stereocenters. The number of rotatable bonds is 2. The molecule has 0 bridgehead atoms. The van der Waals surface area contributed by atoms with Crippen molar-refractivity contribution in [1.82, 2.24) is 0 Å². The first kappa shape index (κ1) is 12.2. The Morgan fingerprint density at radius 3 is 2.33 bits per heavy atom. The summed E-state index contributed by atoms with van der Waals surface area (Å²) in [6, 6.07) is 0.849. The number of carbonyl (C=O) groups is 1. The zero-order chi connectivity index (χ0) is 11.7. The van der Waals surface area contributed by atoms with E-state index < -0.39 is 29.4 Å². The first-order chi connectivity index (χ1) is 6.86. The number of Topliss-reactive ketones (excluding diaryl/α,β-unsaturated/α-hetero) is 1. The SMILES string of the molecule is Cc1c(Br)cc(C(=O)C(F)F)c(F)c1F. The second-order valence-electron chi connectivity index (χ2n) is 2.82. The van der Waals surface area contributed by atoms with E-state index in [4.69, 9.17) is 0 Å². The Balaban J connectivity index is 3.39. The lowest BCUT2D eigenvalue weighted by atomic mass is 10.1. The van der Waals surface area contributed by atoms with E-state index in [-0.39, 0.29) is 10.0 Å². The van der Waals surface area contributed by atoms with E-state index in [9.17, 15) is 22.4 Å². The molecule has 0 aromatic heterocycles. The fourth-order valence-corrected chi connectivity index (χ4v) is 1.39. The molecule has 0 unspecified atom stereocenters. The van der Waals surface area contributed by atoms with Crippen LogP contribution in [0.25, 0.3) is 0 Å². The smallest absolute Gasteiger partial charge is 0.288 e. The summed E-state index contributed by atoms with van der Waals surface area (Å²) in [5.74, 6) is -4.57. The van der Waals surface area contributed by atoms with Crippen LogP contribution in [0, 0.1) is 18.6 Å². The Bertz CT molecular complexity index is 417. The van der Waals surface area contributed by atoms with Crippen molar-refractivity contribution in [3.05, 3.63) is 33.3 Å². The lowest BCUT2D eigenvalue weighted by molar-refractivity contribution is 0.0673. The summed E-state index contributed by atoms with van der Waals surface area (Å²) in [5.41, 5.74) is -1.02.